The van der Waals surface area contributed by atoms with Crippen LogP contribution in [-0.2, 0) is 0 Å². The van der Waals surface area contributed by atoms with Crippen LogP contribution in [0.15, 0.2) is 60.7 Å². The van der Waals surface area contributed by atoms with E-state index in [4.69, 9.17) is 12.2 Å². The summed E-state index contributed by atoms with van der Waals surface area (Å²) in [4.78, 5) is 0. The van der Waals surface area contributed by atoms with Gasteiger partial charge in [0.1, 0.15) is 5.75 Å². The molecule has 1 aliphatic heterocycles. The summed E-state index contributed by atoms with van der Waals surface area (Å²) < 4.78 is 28.7. The minimum atomic E-state index is -2.83. The molecule has 0 spiro atoms. The molecule has 118 valence electrons. The van der Waals surface area contributed by atoms with Crippen LogP contribution in [0, 0.1) is 0 Å². The minimum absolute atomic E-state index is 0.0445. The maximum absolute atomic E-state index is 12.2. The summed E-state index contributed by atoms with van der Waals surface area (Å²) in [7, 11) is 0. The summed E-state index contributed by atoms with van der Waals surface area (Å²) in [5.41, 5.74) is 2.76. The molecule has 23 heavy (non-hydrogen) atoms. The van der Waals surface area contributed by atoms with Crippen LogP contribution in [0.2, 0.25) is 0 Å². The lowest BCUT2D eigenvalue weighted by Crippen LogP contribution is -2.40. The van der Waals surface area contributed by atoms with Gasteiger partial charge in [-0.1, -0.05) is 30.3 Å². The number of rotatable bonds is 4. The second kappa shape index (κ2) is 6.75. The topological polar surface area (TPSA) is 33.3 Å². The first kappa shape index (κ1) is 15.4. The molecule has 3 nitrogen and oxygen atoms in total. The fourth-order valence-electron chi connectivity index (χ4n) is 2.37. The molecule has 0 amide bonds. The van der Waals surface area contributed by atoms with Crippen molar-refractivity contribution in [2.75, 3.05) is 0 Å². The average Bonchev–Trinajstić information content (AvgIpc) is 2.55. The van der Waals surface area contributed by atoms with Crippen LogP contribution >= 0.6 is 12.2 Å². The first-order valence-corrected chi connectivity index (χ1v) is 7.42. The van der Waals surface area contributed by atoms with E-state index in [1.165, 1.54) is 12.1 Å². The molecule has 2 N–H and O–H groups in total. The second-order valence-corrected chi connectivity index (χ2v) is 5.38. The van der Waals surface area contributed by atoms with Crippen molar-refractivity contribution < 1.29 is 13.5 Å². The van der Waals surface area contributed by atoms with Gasteiger partial charge in [-0.05, 0) is 53.7 Å². The Morgan fingerprint density at radius 2 is 1.70 bits per heavy atom. The van der Waals surface area contributed by atoms with E-state index in [0.717, 1.165) is 16.8 Å². The monoisotopic (exact) mass is 332 g/mol. The zero-order chi connectivity index (χ0) is 16.2. The van der Waals surface area contributed by atoms with Gasteiger partial charge in [0.15, 0.2) is 5.11 Å². The van der Waals surface area contributed by atoms with Gasteiger partial charge >= 0.3 is 6.61 Å². The highest BCUT2D eigenvalue weighted by Crippen LogP contribution is 2.25. The molecule has 1 heterocycles. The number of thiocarbonyl (C=S) groups is 1. The van der Waals surface area contributed by atoms with Gasteiger partial charge < -0.3 is 15.4 Å². The Morgan fingerprint density at radius 3 is 2.35 bits per heavy atom. The number of benzene rings is 2. The molecule has 0 saturated heterocycles. The molecule has 0 saturated carbocycles. The summed E-state index contributed by atoms with van der Waals surface area (Å²) in [5, 5.41) is 6.79. The number of nitrogens with one attached hydrogen (secondary N) is 2. The fraction of sp³-hybridized carbons (Fsp3) is 0.118. The zero-order valence-electron chi connectivity index (χ0n) is 12.0. The molecule has 1 aliphatic rings. The van der Waals surface area contributed by atoms with Crippen molar-refractivity contribution in [2.24, 2.45) is 0 Å². The van der Waals surface area contributed by atoms with Gasteiger partial charge in [-0.3, -0.25) is 0 Å². The highest BCUT2D eigenvalue weighted by atomic mass is 32.1. The van der Waals surface area contributed by atoms with Gasteiger partial charge in [0, 0.05) is 5.70 Å². The summed E-state index contributed by atoms with van der Waals surface area (Å²) in [6, 6.07) is 16.3. The van der Waals surface area contributed by atoms with E-state index in [1.807, 2.05) is 36.4 Å². The van der Waals surface area contributed by atoms with Gasteiger partial charge in [-0.2, -0.15) is 8.78 Å². The molecule has 0 fully saturated rings. The van der Waals surface area contributed by atoms with Crippen molar-refractivity contribution in [1.82, 2.24) is 10.6 Å². The lowest BCUT2D eigenvalue weighted by molar-refractivity contribution is -0.0498. The van der Waals surface area contributed by atoms with Crippen molar-refractivity contribution in [3.63, 3.8) is 0 Å². The standard InChI is InChI=1S/C17H14F2N2OS/c18-16(19)22-13-8-6-12(7-9-13)15-10-14(20-17(23)21-15)11-4-2-1-3-5-11/h1-10,14,16H,(H2,20,21,23)/t14-/m1/s1. The van der Waals surface area contributed by atoms with E-state index in [1.54, 1.807) is 12.1 Å². The average molecular weight is 332 g/mol. The molecule has 0 radical (unpaired) electrons. The predicted octanol–water partition coefficient (Wildman–Crippen LogP) is 3.85. The SMILES string of the molecule is FC(F)Oc1ccc(C2=C[C@H](c3ccccc3)NC(=S)N2)cc1. The van der Waals surface area contributed by atoms with Crippen molar-refractivity contribution in [2.45, 2.75) is 12.7 Å². The lowest BCUT2D eigenvalue weighted by atomic mass is 10.0. The molecule has 6 heteroatoms. The van der Waals surface area contributed by atoms with Gasteiger partial charge in [-0.15, -0.1) is 0 Å². The van der Waals surface area contributed by atoms with Crippen molar-refractivity contribution in [1.29, 1.82) is 0 Å². The molecule has 2 aromatic carbocycles. The van der Waals surface area contributed by atoms with Crippen LogP contribution in [0.25, 0.3) is 5.70 Å². The van der Waals surface area contributed by atoms with Crippen LogP contribution in [0.5, 0.6) is 5.75 Å². The maximum Gasteiger partial charge on any atom is 0.387 e. The second-order valence-electron chi connectivity index (χ2n) is 4.97. The van der Waals surface area contributed by atoms with E-state index in [9.17, 15) is 8.78 Å². The maximum atomic E-state index is 12.2. The Bertz CT molecular complexity index is 717. The molecular weight excluding hydrogens is 318 g/mol. The smallest absolute Gasteiger partial charge is 0.387 e. The van der Waals surface area contributed by atoms with Crippen LogP contribution in [0.1, 0.15) is 17.2 Å². The molecule has 0 bridgehead atoms. The van der Waals surface area contributed by atoms with Crippen LogP contribution in [0.3, 0.4) is 0 Å². The van der Waals surface area contributed by atoms with E-state index < -0.39 is 6.61 Å². The largest absolute Gasteiger partial charge is 0.435 e. The highest BCUT2D eigenvalue weighted by Gasteiger charge is 2.18. The molecule has 0 aromatic heterocycles. The Hall–Kier alpha value is -2.47. The molecular formula is C17H14F2N2OS. The summed E-state index contributed by atoms with van der Waals surface area (Å²) in [6.07, 6.45) is 2.01. The highest BCUT2D eigenvalue weighted by molar-refractivity contribution is 7.80. The Morgan fingerprint density at radius 1 is 1.00 bits per heavy atom. The third-order valence-corrected chi connectivity index (χ3v) is 3.64. The first-order valence-electron chi connectivity index (χ1n) is 7.01. The quantitative estimate of drug-likeness (QED) is 0.834. The van der Waals surface area contributed by atoms with Crippen LogP contribution < -0.4 is 15.4 Å². The minimum Gasteiger partial charge on any atom is -0.435 e. The predicted molar refractivity (Wildman–Crippen MR) is 89.1 cm³/mol. The van der Waals surface area contributed by atoms with Gasteiger partial charge in [0.05, 0.1) is 6.04 Å². The van der Waals surface area contributed by atoms with Gasteiger partial charge in [0.2, 0.25) is 0 Å². The van der Waals surface area contributed by atoms with Crippen LogP contribution in [0.4, 0.5) is 8.78 Å². The third-order valence-electron chi connectivity index (χ3n) is 3.42. The summed E-state index contributed by atoms with van der Waals surface area (Å²) in [5.74, 6) is 0.125. The van der Waals surface area contributed by atoms with E-state index in [-0.39, 0.29) is 11.8 Å². The number of halogens is 2. The van der Waals surface area contributed by atoms with Crippen molar-refractivity contribution >= 4 is 23.0 Å². The van der Waals surface area contributed by atoms with Crippen molar-refractivity contribution in [3.05, 3.63) is 71.8 Å². The Labute approximate surface area is 138 Å². The first-order chi connectivity index (χ1) is 11.1. The number of ether oxygens (including phenoxy) is 1. The zero-order valence-corrected chi connectivity index (χ0v) is 12.8. The molecule has 3 rings (SSSR count). The Kier molecular flexibility index (Phi) is 4.52. The number of hydrogen-bond donors (Lipinski definition) is 2. The number of hydrogen-bond acceptors (Lipinski definition) is 2. The summed E-state index contributed by atoms with van der Waals surface area (Å²) in [6.45, 7) is -2.83. The fourth-order valence-corrected chi connectivity index (χ4v) is 2.61. The lowest BCUT2D eigenvalue weighted by Gasteiger charge is -2.26. The van der Waals surface area contributed by atoms with Crippen LogP contribution in [-0.4, -0.2) is 11.7 Å². The van der Waals surface area contributed by atoms with E-state index in [2.05, 4.69) is 15.4 Å². The summed E-state index contributed by atoms with van der Waals surface area (Å²) >= 11 is 5.26. The van der Waals surface area contributed by atoms with Crippen molar-refractivity contribution in [3.8, 4) is 5.75 Å². The number of alkyl halides is 2. The Balaban J connectivity index is 1.85. The van der Waals surface area contributed by atoms with E-state index in [0.29, 0.717) is 5.11 Å². The van der Waals surface area contributed by atoms with E-state index >= 15 is 0 Å². The molecule has 1 atom stereocenters. The van der Waals surface area contributed by atoms with Gasteiger partial charge in [0.25, 0.3) is 0 Å². The molecule has 2 aromatic rings. The molecule has 0 aliphatic carbocycles. The third kappa shape index (κ3) is 3.84. The normalized spacial score (nSPS) is 17.3. The molecule has 0 unspecified atom stereocenters. The van der Waals surface area contributed by atoms with Gasteiger partial charge in [-0.25, -0.2) is 0 Å².